The van der Waals surface area contributed by atoms with Crippen LogP contribution < -0.4 is 15.8 Å². The summed E-state index contributed by atoms with van der Waals surface area (Å²) in [4.78, 5) is 12.1. The number of halogens is 1. The molecule has 0 aromatic heterocycles. The van der Waals surface area contributed by atoms with Crippen molar-refractivity contribution in [2.24, 2.45) is 0 Å². The monoisotopic (exact) mass is 388 g/mol. The van der Waals surface area contributed by atoms with Crippen molar-refractivity contribution in [3.05, 3.63) is 59.7 Å². The number of amides is 1. The summed E-state index contributed by atoms with van der Waals surface area (Å²) in [5, 5.41) is 2.97. The molecule has 3 N–H and O–H groups in total. The molecule has 0 spiro atoms. The predicted molar refractivity (Wildman–Crippen MR) is 112 cm³/mol. The standard InChI is InChI=1S/C22H28N2O2.ClH/c23-21-9-5-4-6-18(21)12-15-22(25)24-16-17-10-13-20(14-11-17)26-19-7-2-1-3-8-19;/h4-6,9-11,13-14,19H,1-3,7-8,12,15-16,23H2,(H,24,25);1H. The first kappa shape index (κ1) is 21.1. The lowest BCUT2D eigenvalue weighted by Gasteiger charge is -2.23. The normalized spacial score (nSPS) is 14.2. The molecule has 0 aliphatic heterocycles. The van der Waals surface area contributed by atoms with E-state index in [-0.39, 0.29) is 18.3 Å². The maximum atomic E-state index is 12.1. The second-order valence-electron chi connectivity index (χ2n) is 7.00. The van der Waals surface area contributed by atoms with E-state index < -0.39 is 0 Å². The number of ether oxygens (including phenoxy) is 1. The van der Waals surface area contributed by atoms with E-state index in [0.29, 0.717) is 25.5 Å². The van der Waals surface area contributed by atoms with Crippen LogP contribution in [0.4, 0.5) is 5.69 Å². The van der Waals surface area contributed by atoms with Crippen molar-refractivity contribution in [1.29, 1.82) is 0 Å². The molecule has 4 nitrogen and oxygen atoms in total. The number of hydrogen-bond donors (Lipinski definition) is 2. The Bertz CT molecular complexity index is 713. The molecule has 0 atom stereocenters. The van der Waals surface area contributed by atoms with E-state index >= 15 is 0 Å². The molecule has 0 bridgehead atoms. The molecule has 1 saturated carbocycles. The van der Waals surface area contributed by atoms with Gasteiger partial charge in [-0.3, -0.25) is 4.79 Å². The minimum Gasteiger partial charge on any atom is -0.490 e. The molecule has 1 fully saturated rings. The summed E-state index contributed by atoms with van der Waals surface area (Å²) in [6.45, 7) is 0.535. The Hall–Kier alpha value is -2.20. The summed E-state index contributed by atoms with van der Waals surface area (Å²) < 4.78 is 6.04. The minimum absolute atomic E-state index is 0. The Kier molecular flexibility index (Phi) is 8.46. The molecule has 1 amide bonds. The van der Waals surface area contributed by atoms with Crippen LogP contribution in [0.2, 0.25) is 0 Å². The number of para-hydroxylation sites is 1. The second kappa shape index (κ2) is 10.8. The molecular weight excluding hydrogens is 360 g/mol. The first-order chi connectivity index (χ1) is 12.7. The maximum absolute atomic E-state index is 12.1. The zero-order valence-electron chi connectivity index (χ0n) is 15.7. The Balaban J connectivity index is 0.00000261. The summed E-state index contributed by atoms with van der Waals surface area (Å²) in [5.74, 6) is 0.960. The molecule has 1 aliphatic carbocycles. The van der Waals surface area contributed by atoms with E-state index in [2.05, 4.69) is 5.32 Å². The first-order valence-electron chi connectivity index (χ1n) is 9.56. The van der Waals surface area contributed by atoms with Crippen LogP contribution in [0.15, 0.2) is 48.5 Å². The van der Waals surface area contributed by atoms with Crippen LogP contribution in [-0.4, -0.2) is 12.0 Å². The summed E-state index contributed by atoms with van der Waals surface area (Å²) in [5.41, 5.74) is 8.75. The van der Waals surface area contributed by atoms with E-state index in [0.717, 1.165) is 35.4 Å². The topological polar surface area (TPSA) is 64.4 Å². The van der Waals surface area contributed by atoms with Gasteiger partial charge in [-0.1, -0.05) is 36.8 Å². The van der Waals surface area contributed by atoms with Gasteiger partial charge in [-0.05, 0) is 61.4 Å². The van der Waals surface area contributed by atoms with Crippen LogP contribution in [0, 0.1) is 0 Å². The highest BCUT2D eigenvalue weighted by Gasteiger charge is 2.14. The fourth-order valence-corrected chi connectivity index (χ4v) is 3.36. The summed E-state index contributed by atoms with van der Waals surface area (Å²) in [7, 11) is 0. The molecule has 1 aliphatic rings. The lowest BCUT2D eigenvalue weighted by atomic mass is 9.98. The van der Waals surface area contributed by atoms with Gasteiger partial charge in [0.15, 0.2) is 0 Å². The lowest BCUT2D eigenvalue weighted by molar-refractivity contribution is -0.121. The third-order valence-corrected chi connectivity index (χ3v) is 4.94. The number of carbonyl (C=O) groups excluding carboxylic acids is 1. The third kappa shape index (κ3) is 6.79. The number of anilines is 1. The Morgan fingerprint density at radius 3 is 2.44 bits per heavy atom. The number of rotatable bonds is 7. The number of carbonyl (C=O) groups is 1. The number of benzene rings is 2. The van der Waals surface area contributed by atoms with Gasteiger partial charge in [0.2, 0.25) is 5.91 Å². The summed E-state index contributed by atoms with van der Waals surface area (Å²) in [6, 6.07) is 15.7. The van der Waals surface area contributed by atoms with E-state index in [9.17, 15) is 4.79 Å². The van der Waals surface area contributed by atoms with Crippen molar-refractivity contribution in [3.63, 3.8) is 0 Å². The van der Waals surface area contributed by atoms with Gasteiger partial charge in [-0.25, -0.2) is 0 Å². The van der Waals surface area contributed by atoms with Gasteiger partial charge in [0, 0.05) is 18.7 Å². The smallest absolute Gasteiger partial charge is 0.220 e. The number of hydrogen-bond acceptors (Lipinski definition) is 3. The van der Waals surface area contributed by atoms with Crippen LogP contribution >= 0.6 is 12.4 Å². The highest BCUT2D eigenvalue weighted by Crippen LogP contribution is 2.23. The summed E-state index contributed by atoms with van der Waals surface area (Å²) in [6.07, 6.45) is 7.64. The highest BCUT2D eigenvalue weighted by atomic mass is 35.5. The Morgan fingerprint density at radius 2 is 1.74 bits per heavy atom. The van der Waals surface area contributed by atoms with Crippen molar-refractivity contribution in [2.45, 2.75) is 57.6 Å². The third-order valence-electron chi connectivity index (χ3n) is 4.94. The number of aryl methyl sites for hydroxylation is 1. The molecule has 0 heterocycles. The molecule has 2 aromatic rings. The van der Waals surface area contributed by atoms with Gasteiger partial charge >= 0.3 is 0 Å². The Labute approximate surface area is 167 Å². The molecule has 146 valence electrons. The van der Waals surface area contributed by atoms with Crippen LogP contribution in [-0.2, 0) is 17.8 Å². The average Bonchev–Trinajstić information content (AvgIpc) is 2.68. The van der Waals surface area contributed by atoms with Crippen LogP contribution in [0.1, 0.15) is 49.7 Å². The van der Waals surface area contributed by atoms with Gasteiger partial charge in [0.1, 0.15) is 5.75 Å². The molecule has 0 radical (unpaired) electrons. The fourth-order valence-electron chi connectivity index (χ4n) is 3.36. The van der Waals surface area contributed by atoms with Crippen molar-refractivity contribution in [1.82, 2.24) is 5.32 Å². The SMILES string of the molecule is Cl.Nc1ccccc1CCC(=O)NCc1ccc(OC2CCCCC2)cc1. The van der Waals surface area contributed by atoms with Crippen LogP contribution in [0.5, 0.6) is 5.75 Å². The van der Waals surface area contributed by atoms with Gasteiger partial charge in [0.05, 0.1) is 6.10 Å². The van der Waals surface area contributed by atoms with E-state index in [1.54, 1.807) is 0 Å². The minimum atomic E-state index is 0. The molecule has 3 rings (SSSR count). The molecular formula is C22H29ClN2O2. The predicted octanol–water partition coefficient (Wildman–Crippen LogP) is 4.65. The first-order valence-corrected chi connectivity index (χ1v) is 9.56. The van der Waals surface area contributed by atoms with Gasteiger partial charge < -0.3 is 15.8 Å². The van der Waals surface area contributed by atoms with Crippen LogP contribution in [0.25, 0.3) is 0 Å². The highest BCUT2D eigenvalue weighted by molar-refractivity contribution is 5.85. The molecule has 0 saturated heterocycles. The van der Waals surface area contributed by atoms with E-state index in [4.69, 9.17) is 10.5 Å². The van der Waals surface area contributed by atoms with E-state index in [1.165, 1.54) is 19.3 Å². The molecule has 2 aromatic carbocycles. The number of nitrogen functional groups attached to an aromatic ring is 1. The average molecular weight is 389 g/mol. The van der Waals surface area contributed by atoms with Crippen molar-refractivity contribution >= 4 is 24.0 Å². The van der Waals surface area contributed by atoms with Crippen molar-refractivity contribution < 1.29 is 9.53 Å². The van der Waals surface area contributed by atoms with Gasteiger partial charge in [0.25, 0.3) is 0 Å². The summed E-state index contributed by atoms with van der Waals surface area (Å²) >= 11 is 0. The zero-order chi connectivity index (χ0) is 18.2. The van der Waals surface area contributed by atoms with Crippen molar-refractivity contribution in [3.8, 4) is 5.75 Å². The van der Waals surface area contributed by atoms with Crippen molar-refractivity contribution in [2.75, 3.05) is 5.73 Å². The molecule has 0 unspecified atom stereocenters. The number of nitrogens with one attached hydrogen (secondary N) is 1. The second-order valence-corrected chi connectivity index (χ2v) is 7.00. The Morgan fingerprint density at radius 1 is 1.04 bits per heavy atom. The number of nitrogens with two attached hydrogens (primary N) is 1. The molecule has 27 heavy (non-hydrogen) atoms. The van der Waals surface area contributed by atoms with Gasteiger partial charge in [-0.15, -0.1) is 12.4 Å². The lowest BCUT2D eigenvalue weighted by Crippen LogP contribution is -2.23. The quantitative estimate of drug-likeness (QED) is 0.678. The largest absolute Gasteiger partial charge is 0.490 e. The van der Waals surface area contributed by atoms with Crippen LogP contribution in [0.3, 0.4) is 0 Å². The van der Waals surface area contributed by atoms with E-state index in [1.807, 2.05) is 48.5 Å². The van der Waals surface area contributed by atoms with Gasteiger partial charge in [-0.2, -0.15) is 0 Å². The zero-order valence-corrected chi connectivity index (χ0v) is 16.5. The maximum Gasteiger partial charge on any atom is 0.220 e. The fraction of sp³-hybridized carbons (Fsp3) is 0.409. The molecule has 5 heteroatoms.